The van der Waals surface area contributed by atoms with Crippen molar-refractivity contribution in [3.63, 3.8) is 0 Å². The number of rotatable bonds is 2. The molecular formula is C22H24N6. The van der Waals surface area contributed by atoms with Crippen LogP contribution in [0.15, 0.2) is 48.9 Å². The molecule has 0 unspecified atom stereocenters. The van der Waals surface area contributed by atoms with Crippen molar-refractivity contribution >= 4 is 22.2 Å². The Morgan fingerprint density at radius 3 is 2.64 bits per heavy atom. The highest BCUT2D eigenvalue weighted by molar-refractivity contribution is 5.83. The van der Waals surface area contributed by atoms with E-state index in [4.69, 9.17) is 4.98 Å². The summed E-state index contributed by atoms with van der Waals surface area (Å²) >= 11 is 0. The number of hydrogen-bond donors (Lipinski definition) is 1. The molecule has 0 radical (unpaired) electrons. The SMILES string of the molecule is Cc1cn2cc(-c3ncc4cc(N5C[C@@H](C)N[C@H](C)C5)ccc4n3)ccc2n1. The molecule has 0 aliphatic carbocycles. The van der Waals surface area contributed by atoms with Crippen LogP contribution in [-0.2, 0) is 0 Å². The van der Waals surface area contributed by atoms with Crippen LogP contribution < -0.4 is 10.2 Å². The molecule has 1 aliphatic rings. The molecule has 4 heterocycles. The minimum Gasteiger partial charge on any atom is -0.368 e. The molecule has 28 heavy (non-hydrogen) atoms. The smallest absolute Gasteiger partial charge is 0.161 e. The molecule has 6 heteroatoms. The van der Waals surface area contributed by atoms with Gasteiger partial charge in [0, 0.05) is 60.4 Å². The Morgan fingerprint density at radius 2 is 1.82 bits per heavy atom. The van der Waals surface area contributed by atoms with Crippen molar-refractivity contribution in [3.05, 3.63) is 54.6 Å². The van der Waals surface area contributed by atoms with Gasteiger partial charge in [-0.05, 0) is 51.1 Å². The van der Waals surface area contributed by atoms with E-state index in [1.54, 1.807) is 0 Å². The van der Waals surface area contributed by atoms with E-state index < -0.39 is 0 Å². The van der Waals surface area contributed by atoms with E-state index in [2.05, 4.69) is 52.2 Å². The summed E-state index contributed by atoms with van der Waals surface area (Å²) < 4.78 is 2.02. The maximum atomic E-state index is 4.80. The summed E-state index contributed by atoms with van der Waals surface area (Å²) in [4.78, 5) is 16.3. The van der Waals surface area contributed by atoms with E-state index in [9.17, 15) is 0 Å². The molecule has 1 aliphatic heterocycles. The van der Waals surface area contributed by atoms with Gasteiger partial charge in [0.15, 0.2) is 5.82 Å². The number of anilines is 1. The summed E-state index contributed by atoms with van der Waals surface area (Å²) in [5.74, 6) is 0.734. The summed E-state index contributed by atoms with van der Waals surface area (Å²) in [6.07, 6.45) is 5.98. The van der Waals surface area contributed by atoms with E-state index in [0.717, 1.165) is 46.7 Å². The van der Waals surface area contributed by atoms with Crippen molar-refractivity contribution < 1.29 is 0 Å². The first-order valence-electron chi connectivity index (χ1n) is 9.79. The van der Waals surface area contributed by atoms with Crippen molar-refractivity contribution in [2.75, 3.05) is 18.0 Å². The zero-order valence-electron chi connectivity index (χ0n) is 16.4. The number of nitrogens with zero attached hydrogens (tertiary/aromatic N) is 5. The van der Waals surface area contributed by atoms with Crippen LogP contribution in [0.2, 0.25) is 0 Å². The molecule has 1 N–H and O–H groups in total. The zero-order valence-corrected chi connectivity index (χ0v) is 16.4. The average Bonchev–Trinajstić information content (AvgIpc) is 3.05. The largest absolute Gasteiger partial charge is 0.368 e. The lowest BCUT2D eigenvalue weighted by Gasteiger charge is -2.37. The van der Waals surface area contributed by atoms with Gasteiger partial charge >= 0.3 is 0 Å². The van der Waals surface area contributed by atoms with Crippen LogP contribution in [0.1, 0.15) is 19.5 Å². The Bertz CT molecular complexity index is 1150. The van der Waals surface area contributed by atoms with Gasteiger partial charge in [-0.3, -0.25) is 0 Å². The number of nitrogens with one attached hydrogen (secondary N) is 1. The van der Waals surface area contributed by atoms with Crippen molar-refractivity contribution in [3.8, 4) is 11.4 Å². The topological polar surface area (TPSA) is 58.4 Å². The second kappa shape index (κ2) is 6.56. The van der Waals surface area contributed by atoms with Crippen LogP contribution in [0.5, 0.6) is 0 Å². The van der Waals surface area contributed by atoms with Gasteiger partial charge in [0.25, 0.3) is 0 Å². The Labute approximate surface area is 164 Å². The Kier molecular flexibility index (Phi) is 4.02. The first-order chi connectivity index (χ1) is 13.5. The zero-order chi connectivity index (χ0) is 19.3. The first kappa shape index (κ1) is 17.1. The lowest BCUT2D eigenvalue weighted by atomic mass is 10.1. The summed E-state index contributed by atoms with van der Waals surface area (Å²) in [6.45, 7) is 8.49. The van der Waals surface area contributed by atoms with Gasteiger partial charge in [-0.25, -0.2) is 15.0 Å². The molecule has 6 nitrogen and oxygen atoms in total. The average molecular weight is 372 g/mol. The monoisotopic (exact) mass is 372 g/mol. The van der Waals surface area contributed by atoms with Crippen molar-refractivity contribution in [2.24, 2.45) is 0 Å². The predicted molar refractivity (Wildman–Crippen MR) is 113 cm³/mol. The van der Waals surface area contributed by atoms with Crippen LogP contribution in [-0.4, -0.2) is 44.5 Å². The quantitative estimate of drug-likeness (QED) is 0.584. The number of piperazine rings is 1. The lowest BCUT2D eigenvalue weighted by molar-refractivity contribution is 0.407. The number of benzene rings is 1. The van der Waals surface area contributed by atoms with Gasteiger partial charge in [0.1, 0.15) is 5.65 Å². The number of imidazole rings is 1. The Hall–Kier alpha value is -2.99. The van der Waals surface area contributed by atoms with Gasteiger partial charge in [-0.1, -0.05) is 0 Å². The Balaban J connectivity index is 1.49. The molecule has 2 atom stereocenters. The van der Waals surface area contributed by atoms with E-state index in [-0.39, 0.29) is 0 Å². The molecule has 0 spiro atoms. The molecule has 142 valence electrons. The summed E-state index contributed by atoms with van der Waals surface area (Å²) in [5.41, 5.74) is 5.12. The van der Waals surface area contributed by atoms with Crippen LogP contribution >= 0.6 is 0 Å². The third-order valence-electron chi connectivity index (χ3n) is 5.32. The highest BCUT2D eigenvalue weighted by Crippen LogP contribution is 2.25. The summed E-state index contributed by atoms with van der Waals surface area (Å²) in [5, 5.41) is 4.65. The molecule has 1 saturated heterocycles. The molecular weight excluding hydrogens is 348 g/mol. The minimum atomic E-state index is 0.486. The molecule has 0 saturated carbocycles. The number of aryl methyl sites for hydroxylation is 1. The molecule has 4 aromatic rings. The highest BCUT2D eigenvalue weighted by Gasteiger charge is 2.21. The molecule has 1 aromatic carbocycles. The third kappa shape index (κ3) is 3.10. The fourth-order valence-electron chi connectivity index (χ4n) is 4.15. The van der Waals surface area contributed by atoms with E-state index in [0.29, 0.717) is 12.1 Å². The number of pyridine rings is 1. The van der Waals surface area contributed by atoms with Gasteiger partial charge in [-0.15, -0.1) is 0 Å². The molecule has 0 bridgehead atoms. The van der Waals surface area contributed by atoms with Crippen LogP contribution in [0.3, 0.4) is 0 Å². The van der Waals surface area contributed by atoms with E-state index in [1.807, 2.05) is 42.0 Å². The molecule has 5 rings (SSSR count). The van der Waals surface area contributed by atoms with Crippen molar-refractivity contribution in [1.29, 1.82) is 0 Å². The molecule has 0 amide bonds. The fourth-order valence-corrected chi connectivity index (χ4v) is 4.15. The molecule has 3 aromatic heterocycles. The van der Waals surface area contributed by atoms with Gasteiger partial charge in [-0.2, -0.15) is 0 Å². The highest BCUT2D eigenvalue weighted by atomic mass is 15.2. The predicted octanol–water partition coefficient (Wildman–Crippen LogP) is 3.44. The number of hydrogen-bond acceptors (Lipinski definition) is 5. The third-order valence-corrected chi connectivity index (χ3v) is 5.32. The second-order valence-corrected chi connectivity index (χ2v) is 7.88. The summed E-state index contributed by atoms with van der Waals surface area (Å²) in [6, 6.07) is 11.5. The first-order valence-corrected chi connectivity index (χ1v) is 9.79. The normalized spacial score (nSPS) is 20.2. The van der Waals surface area contributed by atoms with Gasteiger partial charge in [0.2, 0.25) is 0 Å². The lowest BCUT2D eigenvalue weighted by Crippen LogP contribution is -2.54. The van der Waals surface area contributed by atoms with Crippen LogP contribution in [0.25, 0.3) is 27.9 Å². The second-order valence-electron chi connectivity index (χ2n) is 7.88. The van der Waals surface area contributed by atoms with Gasteiger partial charge in [0.05, 0.1) is 11.2 Å². The summed E-state index contributed by atoms with van der Waals surface area (Å²) in [7, 11) is 0. The maximum Gasteiger partial charge on any atom is 0.161 e. The van der Waals surface area contributed by atoms with Crippen LogP contribution in [0.4, 0.5) is 5.69 Å². The number of aromatic nitrogens is 4. The number of fused-ring (bicyclic) bond motifs is 2. The van der Waals surface area contributed by atoms with E-state index in [1.165, 1.54) is 5.69 Å². The minimum absolute atomic E-state index is 0.486. The van der Waals surface area contributed by atoms with Crippen molar-refractivity contribution in [2.45, 2.75) is 32.9 Å². The van der Waals surface area contributed by atoms with Gasteiger partial charge < -0.3 is 14.6 Å². The van der Waals surface area contributed by atoms with Crippen molar-refractivity contribution in [1.82, 2.24) is 24.7 Å². The van der Waals surface area contributed by atoms with E-state index >= 15 is 0 Å². The maximum absolute atomic E-state index is 4.80. The molecule has 1 fully saturated rings. The van der Waals surface area contributed by atoms with Crippen LogP contribution in [0, 0.1) is 6.92 Å². The standard InChI is InChI=1S/C22H24N6/c1-14-10-27(11-15(2)24-14)19-5-6-20-18(8-19)9-23-22(26-20)17-4-7-21-25-16(3)12-28(21)13-17/h4-9,12-15,24H,10-11H2,1-3H3/t14-,15-/m1/s1. The Morgan fingerprint density at radius 1 is 1.00 bits per heavy atom. The fraction of sp³-hybridized carbons (Fsp3) is 0.318.